The Bertz CT molecular complexity index is 3570. The Morgan fingerprint density at radius 1 is 0.322 bits per heavy atom. The standard InChI is InChI=1S/C56H36N2O/c1-2-13-41-34-45(29-27-37(41)11-1)57(52-21-10-14-40-12-3-4-17-47(40)52)44-16-9-15-42(33-44)38-23-25-39(26-24-38)43-28-31-54-50(35-43)48-18-5-7-20-53(48)58(54)46-30-32-56-51(36-46)49-19-6-8-22-55(49)59-56/h1-36H. The molecule has 12 aromatic rings. The molecule has 0 aliphatic heterocycles. The van der Waals surface area contributed by atoms with E-state index in [0.29, 0.717) is 0 Å². The van der Waals surface area contributed by atoms with Crippen molar-refractivity contribution in [1.29, 1.82) is 0 Å². The van der Waals surface area contributed by atoms with Crippen LogP contribution in [0.4, 0.5) is 17.1 Å². The Hall–Kier alpha value is -7.88. The van der Waals surface area contributed by atoms with Crippen molar-refractivity contribution in [1.82, 2.24) is 4.57 Å². The van der Waals surface area contributed by atoms with Crippen LogP contribution in [0.3, 0.4) is 0 Å². The first-order valence-corrected chi connectivity index (χ1v) is 20.2. The smallest absolute Gasteiger partial charge is 0.135 e. The van der Waals surface area contributed by atoms with E-state index in [2.05, 4.69) is 216 Å². The molecular formula is C56H36N2O. The maximum atomic E-state index is 6.17. The van der Waals surface area contributed by atoms with E-state index in [-0.39, 0.29) is 0 Å². The van der Waals surface area contributed by atoms with E-state index in [0.717, 1.165) is 44.7 Å². The number of hydrogen-bond donors (Lipinski definition) is 0. The van der Waals surface area contributed by atoms with Crippen LogP contribution in [0.5, 0.6) is 0 Å². The predicted octanol–water partition coefficient (Wildman–Crippen LogP) is 15.8. The second-order valence-corrected chi connectivity index (χ2v) is 15.4. The summed E-state index contributed by atoms with van der Waals surface area (Å²) in [6.07, 6.45) is 0. The summed E-state index contributed by atoms with van der Waals surface area (Å²) in [6, 6.07) is 78.9. The zero-order valence-corrected chi connectivity index (χ0v) is 32.1. The number of para-hydroxylation sites is 2. The first kappa shape index (κ1) is 33.3. The number of aromatic nitrogens is 1. The molecule has 0 bridgehead atoms. The third-order valence-electron chi connectivity index (χ3n) is 11.9. The van der Waals surface area contributed by atoms with Crippen LogP contribution >= 0.6 is 0 Å². The molecule has 2 heterocycles. The molecule has 0 saturated heterocycles. The van der Waals surface area contributed by atoms with Crippen LogP contribution < -0.4 is 4.90 Å². The number of nitrogens with zero attached hydrogens (tertiary/aromatic N) is 2. The Labute approximate surface area is 341 Å². The van der Waals surface area contributed by atoms with Gasteiger partial charge in [-0.25, -0.2) is 0 Å². The molecule has 0 unspecified atom stereocenters. The van der Waals surface area contributed by atoms with Crippen molar-refractivity contribution in [2.24, 2.45) is 0 Å². The molecule has 0 N–H and O–H groups in total. The van der Waals surface area contributed by atoms with E-state index < -0.39 is 0 Å². The largest absolute Gasteiger partial charge is 0.456 e. The molecule has 2 aromatic heterocycles. The lowest BCUT2D eigenvalue weighted by molar-refractivity contribution is 0.669. The number of benzene rings is 10. The molecule has 12 rings (SSSR count). The summed E-state index contributed by atoms with van der Waals surface area (Å²) in [5.74, 6) is 0. The molecule has 0 atom stereocenters. The Morgan fingerprint density at radius 3 is 1.81 bits per heavy atom. The second kappa shape index (κ2) is 13.4. The quantitative estimate of drug-likeness (QED) is 0.169. The third-order valence-corrected chi connectivity index (χ3v) is 11.9. The topological polar surface area (TPSA) is 21.3 Å². The van der Waals surface area contributed by atoms with Crippen LogP contribution in [0, 0.1) is 0 Å². The van der Waals surface area contributed by atoms with Crippen molar-refractivity contribution >= 4 is 82.4 Å². The van der Waals surface area contributed by atoms with Gasteiger partial charge in [0.15, 0.2) is 0 Å². The maximum Gasteiger partial charge on any atom is 0.135 e. The van der Waals surface area contributed by atoms with Crippen LogP contribution in [-0.2, 0) is 0 Å². The number of furan rings is 1. The SMILES string of the molecule is c1cc(-c2ccc(-c3ccc4c(c3)c3ccccc3n4-c3ccc4oc5ccccc5c4c3)cc2)cc(N(c2ccc3ccccc3c2)c2cccc3ccccc23)c1. The summed E-state index contributed by atoms with van der Waals surface area (Å²) in [4.78, 5) is 2.40. The average molecular weight is 753 g/mol. The summed E-state index contributed by atoms with van der Waals surface area (Å²) in [5.41, 5.74) is 13.4. The number of rotatable bonds is 6. The molecule has 0 spiro atoms. The lowest BCUT2D eigenvalue weighted by atomic mass is 9.98. The number of fused-ring (bicyclic) bond motifs is 8. The van der Waals surface area contributed by atoms with E-state index in [1.807, 2.05) is 12.1 Å². The minimum absolute atomic E-state index is 0.903. The zero-order valence-electron chi connectivity index (χ0n) is 32.1. The van der Waals surface area contributed by atoms with Crippen molar-refractivity contribution in [3.05, 3.63) is 218 Å². The molecule has 3 nitrogen and oxygen atoms in total. The zero-order chi connectivity index (χ0) is 38.9. The molecule has 276 valence electrons. The lowest BCUT2D eigenvalue weighted by Gasteiger charge is -2.27. The molecule has 10 aromatic carbocycles. The van der Waals surface area contributed by atoms with Gasteiger partial charge in [0.05, 0.1) is 16.7 Å². The Kier molecular flexibility index (Phi) is 7.54. The summed E-state index contributed by atoms with van der Waals surface area (Å²) >= 11 is 0. The van der Waals surface area contributed by atoms with Gasteiger partial charge < -0.3 is 13.9 Å². The van der Waals surface area contributed by atoms with Crippen molar-refractivity contribution in [3.63, 3.8) is 0 Å². The number of anilines is 3. The van der Waals surface area contributed by atoms with Gasteiger partial charge in [0, 0.05) is 44.0 Å². The number of hydrogen-bond acceptors (Lipinski definition) is 2. The summed E-state index contributed by atoms with van der Waals surface area (Å²) in [5, 5.41) is 9.60. The molecular weight excluding hydrogens is 717 g/mol. The minimum atomic E-state index is 0.903. The first-order chi connectivity index (χ1) is 29.2. The van der Waals surface area contributed by atoms with Gasteiger partial charge in [0.1, 0.15) is 11.2 Å². The Balaban J connectivity index is 0.925. The molecule has 0 aliphatic rings. The fourth-order valence-electron chi connectivity index (χ4n) is 9.11. The molecule has 0 amide bonds. The van der Waals surface area contributed by atoms with Crippen molar-refractivity contribution in [3.8, 4) is 27.9 Å². The Morgan fingerprint density at radius 2 is 0.949 bits per heavy atom. The molecule has 0 aliphatic carbocycles. The van der Waals surface area contributed by atoms with Crippen LogP contribution in [0.25, 0.3) is 93.2 Å². The molecule has 3 heteroatoms. The highest BCUT2D eigenvalue weighted by atomic mass is 16.3. The van der Waals surface area contributed by atoms with E-state index >= 15 is 0 Å². The highest BCUT2D eigenvalue weighted by Crippen LogP contribution is 2.42. The normalized spacial score (nSPS) is 11.7. The summed E-state index contributed by atoms with van der Waals surface area (Å²) in [7, 11) is 0. The fraction of sp³-hybridized carbons (Fsp3) is 0. The average Bonchev–Trinajstić information content (AvgIpc) is 3.84. The van der Waals surface area contributed by atoms with Gasteiger partial charge in [-0.3, -0.25) is 0 Å². The van der Waals surface area contributed by atoms with E-state index in [1.54, 1.807) is 0 Å². The van der Waals surface area contributed by atoms with Gasteiger partial charge in [-0.1, -0.05) is 146 Å². The summed E-state index contributed by atoms with van der Waals surface area (Å²) < 4.78 is 8.55. The monoisotopic (exact) mass is 752 g/mol. The van der Waals surface area contributed by atoms with Gasteiger partial charge in [0.2, 0.25) is 0 Å². The predicted molar refractivity (Wildman–Crippen MR) is 249 cm³/mol. The highest BCUT2D eigenvalue weighted by Gasteiger charge is 2.18. The van der Waals surface area contributed by atoms with Crippen LogP contribution in [0.1, 0.15) is 0 Å². The molecule has 0 radical (unpaired) electrons. The second-order valence-electron chi connectivity index (χ2n) is 15.4. The van der Waals surface area contributed by atoms with Gasteiger partial charge >= 0.3 is 0 Å². The van der Waals surface area contributed by atoms with Gasteiger partial charge in [-0.2, -0.15) is 0 Å². The maximum absolute atomic E-state index is 6.17. The van der Waals surface area contributed by atoms with E-state index in [1.165, 1.54) is 65.6 Å². The van der Waals surface area contributed by atoms with Crippen molar-refractivity contribution in [2.75, 3.05) is 4.90 Å². The highest BCUT2D eigenvalue weighted by molar-refractivity contribution is 6.11. The van der Waals surface area contributed by atoms with Gasteiger partial charge in [-0.05, 0) is 111 Å². The summed E-state index contributed by atoms with van der Waals surface area (Å²) in [6.45, 7) is 0. The van der Waals surface area contributed by atoms with Crippen molar-refractivity contribution < 1.29 is 4.42 Å². The molecule has 0 fully saturated rings. The van der Waals surface area contributed by atoms with E-state index in [4.69, 9.17) is 4.42 Å². The van der Waals surface area contributed by atoms with Gasteiger partial charge in [-0.15, -0.1) is 0 Å². The fourth-order valence-corrected chi connectivity index (χ4v) is 9.11. The van der Waals surface area contributed by atoms with Crippen LogP contribution in [-0.4, -0.2) is 4.57 Å². The minimum Gasteiger partial charge on any atom is -0.456 e. The molecule has 59 heavy (non-hydrogen) atoms. The lowest BCUT2D eigenvalue weighted by Crippen LogP contribution is -2.10. The van der Waals surface area contributed by atoms with Gasteiger partial charge in [0.25, 0.3) is 0 Å². The first-order valence-electron chi connectivity index (χ1n) is 20.2. The van der Waals surface area contributed by atoms with E-state index in [9.17, 15) is 0 Å². The third kappa shape index (κ3) is 5.51. The van der Waals surface area contributed by atoms with Crippen molar-refractivity contribution in [2.45, 2.75) is 0 Å². The van der Waals surface area contributed by atoms with Crippen LogP contribution in [0.2, 0.25) is 0 Å². The molecule has 0 saturated carbocycles. The van der Waals surface area contributed by atoms with Crippen LogP contribution in [0.15, 0.2) is 223 Å².